The molecular weight excluding hydrogens is 220 g/mol. The number of nitrogens with zero attached hydrogens (tertiary/aromatic N) is 1. The van der Waals surface area contributed by atoms with Crippen molar-refractivity contribution in [3.8, 4) is 0 Å². The molecule has 3 unspecified atom stereocenters. The van der Waals surface area contributed by atoms with Crippen molar-refractivity contribution in [3.05, 3.63) is 0 Å². The molecule has 0 radical (unpaired) electrons. The van der Waals surface area contributed by atoms with Crippen molar-refractivity contribution >= 4 is 0 Å². The van der Waals surface area contributed by atoms with Crippen LogP contribution in [0.5, 0.6) is 0 Å². The van der Waals surface area contributed by atoms with E-state index in [1.165, 1.54) is 45.2 Å². The highest BCUT2D eigenvalue weighted by atomic mass is 15.2. The van der Waals surface area contributed by atoms with E-state index in [9.17, 15) is 0 Å². The first-order valence-electron chi connectivity index (χ1n) is 7.84. The van der Waals surface area contributed by atoms with Gasteiger partial charge in [0, 0.05) is 25.2 Å². The van der Waals surface area contributed by atoms with Crippen LogP contribution in [0.4, 0.5) is 0 Å². The molecule has 0 spiro atoms. The van der Waals surface area contributed by atoms with Gasteiger partial charge in [-0.15, -0.1) is 0 Å². The Morgan fingerprint density at radius 2 is 1.61 bits per heavy atom. The molecule has 2 heteroatoms. The van der Waals surface area contributed by atoms with Gasteiger partial charge in [0.15, 0.2) is 0 Å². The summed E-state index contributed by atoms with van der Waals surface area (Å²) in [4.78, 5) is 2.74. The summed E-state index contributed by atoms with van der Waals surface area (Å²) in [6.45, 7) is 13.0. The van der Waals surface area contributed by atoms with Crippen LogP contribution in [0.2, 0.25) is 0 Å². The van der Waals surface area contributed by atoms with Crippen LogP contribution in [-0.4, -0.2) is 30.1 Å². The van der Waals surface area contributed by atoms with Crippen LogP contribution in [0, 0.1) is 17.3 Å². The lowest BCUT2D eigenvalue weighted by Gasteiger charge is -2.41. The first-order chi connectivity index (χ1) is 8.38. The van der Waals surface area contributed by atoms with E-state index >= 15 is 0 Å². The van der Waals surface area contributed by atoms with Gasteiger partial charge in [-0.2, -0.15) is 0 Å². The Morgan fingerprint density at radius 1 is 1.00 bits per heavy atom. The third kappa shape index (κ3) is 2.75. The monoisotopic (exact) mass is 252 g/mol. The van der Waals surface area contributed by atoms with E-state index in [1.807, 2.05) is 0 Å². The quantitative estimate of drug-likeness (QED) is 0.764. The molecule has 106 valence electrons. The second kappa shape index (κ2) is 5.13. The Labute approximate surface area is 113 Å². The summed E-state index contributed by atoms with van der Waals surface area (Å²) >= 11 is 0. The normalized spacial score (nSPS) is 41.8. The molecule has 0 bridgehead atoms. The average Bonchev–Trinajstić information content (AvgIpc) is 2.56. The molecule has 0 aromatic heterocycles. The Bertz CT molecular complexity index is 277. The van der Waals surface area contributed by atoms with Crippen molar-refractivity contribution in [2.24, 2.45) is 23.0 Å². The topological polar surface area (TPSA) is 29.3 Å². The molecule has 0 aromatic rings. The average molecular weight is 252 g/mol. The Balaban J connectivity index is 2.11. The predicted molar refractivity (Wildman–Crippen MR) is 78.6 cm³/mol. The van der Waals surface area contributed by atoms with Crippen LogP contribution in [0.3, 0.4) is 0 Å². The van der Waals surface area contributed by atoms with Gasteiger partial charge in [-0.1, -0.05) is 34.1 Å². The molecule has 2 N–H and O–H groups in total. The van der Waals surface area contributed by atoms with E-state index in [0.29, 0.717) is 11.0 Å². The minimum atomic E-state index is 0.312. The highest BCUT2D eigenvalue weighted by molar-refractivity contribution is 4.99. The molecule has 0 aromatic carbocycles. The Kier molecular flexibility index (Phi) is 4.08. The minimum absolute atomic E-state index is 0.312. The smallest absolute Gasteiger partial charge is 0.0332 e. The molecule has 3 atom stereocenters. The van der Waals surface area contributed by atoms with Gasteiger partial charge in [0.2, 0.25) is 0 Å². The summed E-state index contributed by atoms with van der Waals surface area (Å²) in [5.41, 5.74) is 7.06. The van der Waals surface area contributed by atoms with Crippen LogP contribution in [-0.2, 0) is 0 Å². The van der Waals surface area contributed by atoms with E-state index in [1.54, 1.807) is 0 Å². The Morgan fingerprint density at radius 3 is 2.17 bits per heavy atom. The molecule has 2 nitrogen and oxygen atoms in total. The first-order valence-corrected chi connectivity index (χ1v) is 7.84. The van der Waals surface area contributed by atoms with E-state index < -0.39 is 0 Å². The zero-order valence-corrected chi connectivity index (χ0v) is 12.8. The minimum Gasteiger partial charge on any atom is -0.329 e. The summed E-state index contributed by atoms with van der Waals surface area (Å²) in [7, 11) is 0. The number of nitrogens with two attached hydrogens (primary N) is 1. The molecule has 1 heterocycles. The third-order valence-corrected chi connectivity index (χ3v) is 5.80. The highest BCUT2D eigenvalue weighted by Crippen LogP contribution is 2.42. The zero-order chi connectivity index (χ0) is 13.4. The van der Waals surface area contributed by atoms with Gasteiger partial charge in [0.1, 0.15) is 0 Å². The van der Waals surface area contributed by atoms with E-state index in [2.05, 4.69) is 32.6 Å². The molecule has 1 aliphatic heterocycles. The second-order valence-corrected chi connectivity index (χ2v) is 7.81. The van der Waals surface area contributed by atoms with Crippen LogP contribution in [0.25, 0.3) is 0 Å². The lowest BCUT2D eigenvalue weighted by Crippen LogP contribution is -2.52. The van der Waals surface area contributed by atoms with E-state index in [0.717, 1.165) is 18.4 Å². The number of rotatable bonds is 2. The maximum atomic E-state index is 6.23. The maximum Gasteiger partial charge on any atom is 0.0332 e. The number of hydrogen-bond acceptors (Lipinski definition) is 2. The molecule has 18 heavy (non-hydrogen) atoms. The second-order valence-electron chi connectivity index (χ2n) is 7.81. The predicted octanol–water partition coefficient (Wildman–Crippen LogP) is 3.26. The lowest BCUT2D eigenvalue weighted by atomic mass is 9.83. The maximum absolute atomic E-state index is 6.23. The van der Waals surface area contributed by atoms with Crippen molar-refractivity contribution in [1.82, 2.24) is 4.90 Å². The van der Waals surface area contributed by atoms with Crippen molar-refractivity contribution < 1.29 is 0 Å². The van der Waals surface area contributed by atoms with Gasteiger partial charge in [-0.25, -0.2) is 0 Å². The van der Waals surface area contributed by atoms with Gasteiger partial charge >= 0.3 is 0 Å². The van der Waals surface area contributed by atoms with Gasteiger partial charge in [0.05, 0.1) is 0 Å². The fourth-order valence-corrected chi connectivity index (χ4v) is 3.88. The summed E-state index contributed by atoms with van der Waals surface area (Å²) in [6, 6.07) is 0. The van der Waals surface area contributed by atoms with Crippen LogP contribution < -0.4 is 5.73 Å². The lowest BCUT2D eigenvalue weighted by molar-refractivity contribution is 0.0958. The fourth-order valence-electron chi connectivity index (χ4n) is 3.88. The summed E-state index contributed by atoms with van der Waals surface area (Å²) in [5.74, 6) is 1.68. The van der Waals surface area contributed by atoms with Crippen molar-refractivity contribution in [2.45, 2.75) is 65.3 Å². The molecule has 1 saturated heterocycles. The summed E-state index contributed by atoms with van der Waals surface area (Å²) in [6.07, 6.45) is 6.67. The van der Waals surface area contributed by atoms with Gasteiger partial charge in [-0.05, 0) is 42.9 Å². The highest BCUT2D eigenvalue weighted by Gasteiger charge is 2.43. The van der Waals surface area contributed by atoms with Crippen molar-refractivity contribution in [1.29, 1.82) is 0 Å². The van der Waals surface area contributed by atoms with Crippen LogP contribution in [0.15, 0.2) is 0 Å². The molecule has 1 saturated carbocycles. The van der Waals surface area contributed by atoms with Crippen molar-refractivity contribution in [3.63, 3.8) is 0 Å². The largest absolute Gasteiger partial charge is 0.329 e. The number of hydrogen-bond donors (Lipinski definition) is 1. The molecule has 2 fully saturated rings. The summed E-state index contributed by atoms with van der Waals surface area (Å²) < 4.78 is 0. The standard InChI is InChI=1S/C16H32N2/c1-13-10-18(11-14(13)2)16(12-17)7-5-6-15(3,4)8-9-16/h13-14H,5-12,17H2,1-4H3. The molecule has 0 amide bonds. The summed E-state index contributed by atoms with van der Waals surface area (Å²) in [5, 5.41) is 0. The van der Waals surface area contributed by atoms with Crippen LogP contribution in [0.1, 0.15) is 59.8 Å². The SMILES string of the molecule is CC1CN(C2(CN)CCCC(C)(C)CC2)CC1C. The van der Waals surface area contributed by atoms with Crippen molar-refractivity contribution in [2.75, 3.05) is 19.6 Å². The van der Waals surface area contributed by atoms with Gasteiger partial charge < -0.3 is 5.73 Å². The molecular formula is C16H32N2. The van der Waals surface area contributed by atoms with Gasteiger partial charge in [-0.3, -0.25) is 4.90 Å². The fraction of sp³-hybridized carbons (Fsp3) is 1.00. The molecule has 2 rings (SSSR count). The number of likely N-dealkylation sites (tertiary alicyclic amines) is 1. The Hall–Kier alpha value is -0.0800. The van der Waals surface area contributed by atoms with E-state index in [-0.39, 0.29) is 0 Å². The molecule has 2 aliphatic rings. The third-order valence-electron chi connectivity index (χ3n) is 5.80. The van der Waals surface area contributed by atoms with E-state index in [4.69, 9.17) is 5.73 Å². The first kappa shape index (κ1) is 14.3. The zero-order valence-electron chi connectivity index (χ0n) is 12.8. The van der Waals surface area contributed by atoms with Crippen LogP contribution >= 0.6 is 0 Å². The molecule has 1 aliphatic carbocycles. The van der Waals surface area contributed by atoms with Gasteiger partial charge in [0.25, 0.3) is 0 Å².